The highest BCUT2D eigenvalue weighted by Gasteiger charge is 2.16. The fourth-order valence-electron chi connectivity index (χ4n) is 4.77. The summed E-state index contributed by atoms with van der Waals surface area (Å²) < 4.78 is 11.7. The summed E-state index contributed by atoms with van der Waals surface area (Å²) >= 11 is 0. The molecule has 0 amide bonds. The second-order valence-corrected chi connectivity index (χ2v) is 10.00. The van der Waals surface area contributed by atoms with E-state index in [-0.39, 0.29) is 12.1 Å². The SMILES string of the molecule is O=C1C[C@H](OCc2ccccc2)CCCCCCCCCCCCCCCCCCCCO1. The van der Waals surface area contributed by atoms with Crippen LogP contribution >= 0.6 is 0 Å². The Labute approximate surface area is 204 Å². The number of carbonyl (C=O) groups excluding carboxylic acids is 1. The molecular formula is C30H50O3. The van der Waals surface area contributed by atoms with Crippen LogP contribution in [0.1, 0.15) is 134 Å². The first-order valence-corrected chi connectivity index (χ1v) is 14.2. The van der Waals surface area contributed by atoms with E-state index in [2.05, 4.69) is 12.1 Å². The molecule has 3 heteroatoms. The molecule has 33 heavy (non-hydrogen) atoms. The highest BCUT2D eigenvalue weighted by molar-refractivity contribution is 5.69. The number of carbonyl (C=O) groups is 1. The molecule has 1 heterocycles. The second-order valence-electron chi connectivity index (χ2n) is 10.00. The van der Waals surface area contributed by atoms with Crippen molar-refractivity contribution in [3.8, 4) is 0 Å². The zero-order valence-corrected chi connectivity index (χ0v) is 21.2. The minimum absolute atomic E-state index is 0.0387. The van der Waals surface area contributed by atoms with Gasteiger partial charge in [0.1, 0.15) is 0 Å². The van der Waals surface area contributed by atoms with Gasteiger partial charge in [0.15, 0.2) is 0 Å². The standard InChI is InChI=1S/C30H50O3/c31-30-26-29(33-27-28-22-18-17-19-23-28)24-20-15-13-11-9-7-5-3-1-2-4-6-8-10-12-14-16-21-25-32-30/h17-19,22-23,29H,1-16,20-21,24-27H2/t29-/m1/s1. The summed E-state index contributed by atoms with van der Waals surface area (Å²) in [5.41, 5.74) is 1.16. The molecule has 1 aromatic rings. The maximum Gasteiger partial charge on any atom is 0.308 e. The molecule has 0 spiro atoms. The number of cyclic esters (lactones) is 1. The summed E-state index contributed by atoms with van der Waals surface area (Å²) in [4.78, 5) is 12.4. The van der Waals surface area contributed by atoms with Gasteiger partial charge in [-0.15, -0.1) is 0 Å². The summed E-state index contributed by atoms with van der Waals surface area (Å²) in [5, 5.41) is 0. The molecule has 0 unspecified atom stereocenters. The van der Waals surface area contributed by atoms with Gasteiger partial charge in [-0.3, -0.25) is 4.79 Å². The molecule has 3 nitrogen and oxygen atoms in total. The van der Waals surface area contributed by atoms with Crippen LogP contribution in [0.3, 0.4) is 0 Å². The first-order chi connectivity index (χ1) is 16.3. The molecule has 0 bridgehead atoms. The maximum absolute atomic E-state index is 12.4. The Hall–Kier alpha value is -1.35. The van der Waals surface area contributed by atoms with Gasteiger partial charge >= 0.3 is 5.97 Å². The molecule has 1 atom stereocenters. The third kappa shape index (κ3) is 16.0. The summed E-state index contributed by atoms with van der Waals surface area (Å²) in [7, 11) is 0. The van der Waals surface area contributed by atoms with Crippen LogP contribution in [0.4, 0.5) is 0 Å². The molecule has 188 valence electrons. The smallest absolute Gasteiger partial charge is 0.308 e. The van der Waals surface area contributed by atoms with E-state index in [1.807, 2.05) is 18.2 Å². The monoisotopic (exact) mass is 458 g/mol. The Bertz CT molecular complexity index is 571. The van der Waals surface area contributed by atoms with Crippen molar-refractivity contribution in [2.45, 2.75) is 141 Å². The maximum atomic E-state index is 12.4. The summed E-state index contributed by atoms with van der Waals surface area (Å²) in [6.07, 6.45) is 25.1. The third-order valence-electron chi connectivity index (χ3n) is 6.91. The quantitative estimate of drug-likeness (QED) is 0.424. The molecule has 1 saturated heterocycles. The number of benzene rings is 1. The van der Waals surface area contributed by atoms with Crippen LogP contribution in [0.15, 0.2) is 30.3 Å². The Kier molecular flexibility index (Phi) is 17.0. The second kappa shape index (κ2) is 20.1. The molecule has 0 aromatic heterocycles. The molecule has 0 aliphatic carbocycles. The van der Waals surface area contributed by atoms with Gasteiger partial charge in [-0.1, -0.05) is 139 Å². The van der Waals surface area contributed by atoms with E-state index in [0.29, 0.717) is 19.6 Å². The van der Waals surface area contributed by atoms with Crippen LogP contribution in [-0.4, -0.2) is 18.7 Å². The van der Waals surface area contributed by atoms with E-state index in [9.17, 15) is 4.79 Å². The van der Waals surface area contributed by atoms with Crippen molar-refractivity contribution < 1.29 is 14.3 Å². The van der Waals surface area contributed by atoms with Gasteiger partial charge in [0.25, 0.3) is 0 Å². The van der Waals surface area contributed by atoms with Gasteiger partial charge in [-0.2, -0.15) is 0 Å². The van der Waals surface area contributed by atoms with Gasteiger partial charge < -0.3 is 9.47 Å². The van der Waals surface area contributed by atoms with E-state index in [1.165, 1.54) is 103 Å². The van der Waals surface area contributed by atoms with Crippen LogP contribution in [0.25, 0.3) is 0 Å². The highest BCUT2D eigenvalue weighted by Crippen LogP contribution is 2.17. The minimum atomic E-state index is -0.0949. The zero-order chi connectivity index (χ0) is 23.2. The minimum Gasteiger partial charge on any atom is -0.466 e. The van der Waals surface area contributed by atoms with E-state index in [0.717, 1.165) is 24.8 Å². The third-order valence-corrected chi connectivity index (χ3v) is 6.91. The molecule has 0 saturated carbocycles. The van der Waals surface area contributed by atoms with Crippen molar-refractivity contribution in [2.75, 3.05) is 6.61 Å². The van der Waals surface area contributed by atoms with Crippen molar-refractivity contribution >= 4 is 5.97 Å². The Morgan fingerprint density at radius 1 is 0.636 bits per heavy atom. The lowest BCUT2D eigenvalue weighted by Gasteiger charge is -2.18. The van der Waals surface area contributed by atoms with Crippen molar-refractivity contribution in [1.82, 2.24) is 0 Å². The van der Waals surface area contributed by atoms with E-state index >= 15 is 0 Å². The number of ether oxygens (including phenoxy) is 2. The predicted molar refractivity (Wildman–Crippen MR) is 138 cm³/mol. The first-order valence-electron chi connectivity index (χ1n) is 14.2. The van der Waals surface area contributed by atoms with Gasteiger partial charge in [0.2, 0.25) is 0 Å². The Morgan fingerprint density at radius 2 is 1.09 bits per heavy atom. The average molecular weight is 459 g/mol. The average Bonchev–Trinajstić information content (AvgIpc) is 2.83. The number of rotatable bonds is 3. The Morgan fingerprint density at radius 3 is 1.61 bits per heavy atom. The predicted octanol–water partition coefficient (Wildman–Crippen LogP) is 8.93. The van der Waals surface area contributed by atoms with Crippen LogP contribution in [0.5, 0.6) is 0 Å². The summed E-state index contributed by atoms with van der Waals surface area (Å²) in [5.74, 6) is -0.0949. The lowest BCUT2D eigenvalue weighted by molar-refractivity contribution is -0.147. The zero-order valence-electron chi connectivity index (χ0n) is 21.2. The molecule has 2 rings (SSSR count). The van der Waals surface area contributed by atoms with Gasteiger partial charge in [0, 0.05) is 0 Å². The normalized spacial score (nSPS) is 22.7. The van der Waals surface area contributed by atoms with Gasteiger partial charge in [0.05, 0.1) is 25.7 Å². The van der Waals surface area contributed by atoms with Crippen LogP contribution < -0.4 is 0 Å². The van der Waals surface area contributed by atoms with Crippen molar-refractivity contribution in [3.05, 3.63) is 35.9 Å². The molecule has 0 radical (unpaired) electrons. The fourth-order valence-corrected chi connectivity index (χ4v) is 4.77. The lowest BCUT2D eigenvalue weighted by atomic mass is 10.0. The fraction of sp³-hybridized carbons (Fsp3) is 0.767. The largest absolute Gasteiger partial charge is 0.466 e. The Balaban J connectivity index is 1.72. The molecular weight excluding hydrogens is 408 g/mol. The van der Waals surface area contributed by atoms with Crippen LogP contribution in [0.2, 0.25) is 0 Å². The van der Waals surface area contributed by atoms with Crippen molar-refractivity contribution in [2.24, 2.45) is 0 Å². The van der Waals surface area contributed by atoms with Gasteiger partial charge in [-0.05, 0) is 18.4 Å². The van der Waals surface area contributed by atoms with Gasteiger partial charge in [-0.25, -0.2) is 0 Å². The van der Waals surface area contributed by atoms with Crippen molar-refractivity contribution in [3.63, 3.8) is 0 Å². The first kappa shape index (κ1) is 27.9. The summed E-state index contributed by atoms with van der Waals surface area (Å²) in [6, 6.07) is 10.3. The van der Waals surface area contributed by atoms with E-state index in [4.69, 9.17) is 9.47 Å². The topological polar surface area (TPSA) is 35.5 Å². The molecule has 0 N–H and O–H groups in total. The van der Waals surface area contributed by atoms with E-state index < -0.39 is 0 Å². The van der Waals surface area contributed by atoms with E-state index in [1.54, 1.807) is 0 Å². The highest BCUT2D eigenvalue weighted by atomic mass is 16.5. The van der Waals surface area contributed by atoms with Crippen molar-refractivity contribution in [1.29, 1.82) is 0 Å². The van der Waals surface area contributed by atoms with Crippen LogP contribution in [-0.2, 0) is 20.9 Å². The lowest BCUT2D eigenvalue weighted by Crippen LogP contribution is -2.20. The molecule has 1 fully saturated rings. The summed E-state index contributed by atoms with van der Waals surface area (Å²) in [6.45, 7) is 1.13. The number of hydrogen-bond donors (Lipinski definition) is 0. The van der Waals surface area contributed by atoms with Crippen LogP contribution in [0, 0.1) is 0 Å². The number of hydrogen-bond acceptors (Lipinski definition) is 3. The number of esters is 1. The molecule has 1 aliphatic heterocycles. The molecule has 1 aliphatic rings. The molecule has 1 aromatic carbocycles.